The van der Waals surface area contributed by atoms with Crippen LogP contribution in [-0.2, 0) is 9.59 Å². The molecule has 0 radical (unpaired) electrons. The molecule has 2 aromatic rings. The van der Waals surface area contributed by atoms with Gasteiger partial charge in [-0.05, 0) is 25.0 Å². The van der Waals surface area contributed by atoms with E-state index < -0.39 is 0 Å². The van der Waals surface area contributed by atoms with Crippen molar-refractivity contribution in [1.82, 2.24) is 10.3 Å². The molecular weight excluding hydrogens is 272 g/mol. The van der Waals surface area contributed by atoms with E-state index in [4.69, 9.17) is 10.2 Å². The number of anilines is 1. The van der Waals surface area contributed by atoms with Crippen molar-refractivity contribution < 1.29 is 14.0 Å². The first-order valence-electron chi connectivity index (χ1n) is 6.83. The summed E-state index contributed by atoms with van der Waals surface area (Å²) in [6, 6.07) is 5.29. The van der Waals surface area contributed by atoms with Gasteiger partial charge in [0, 0.05) is 17.7 Å². The predicted molar refractivity (Wildman–Crippen MR) is 76.7 cm³/mol. The van der Waals surface area contributed by atoms with Crippen molar-refractivity contribution in [2.24, 2.45) is 5.73 Å². The maximum absolute atomic E-state index is 11.7. The Labute approximate surface area is 120 Å². The first-order chi connectivity index (χ1) is 10.2. The molecule has 3 rings (SSSR count). The summed E-state index contributed by atoms with van der Waals surface area (Å²) in [6.45, 7) is -0.251. The first kappa shape index (κ1) is 13.6. The zero-order valence-electron chi connectivity index (χ0n) is 11.4. The van der Waals surface area contributed by atoms with Crippen LogP contribution in [0.2, 0.25) is 0 Å². The third-order valence-electron chi connectivity index (χ3n) is 3.25. The van der Waals surface area contributed by atoms with Gasteiger partial charge in [0.1, 0.15) is 5.52 Å². The lowest BCUT2D eigenvalue weighted by atomic mass is 10.3. The Morgan fingerprint density at radius 2 is 2.14 bits per heavy atom. The predicted octanol–water partition coefficient (Wildman–Crippen LogP) is 0.719. The van der Waals surface area contributed by atoms with Crippen LogP contribution in [0.1, 0.15) is 24.7 Å². The molecule has 1 aliphatic rings. The summed E-state index contributed by atoms with van der Waals surface area (Å²) in [5.74, 6) is 0.522. The third-order valence-corrected chi connectivity index (χ3v) is 3.25. The highest BCUT2D eigenvalue weighted by atomic mass is 16.3. The number of rotatable bonds is 5. The summed E-state index contributed by atoms with van der Waals surface area (Å²) in [7, 11) is 0. The van der Waals surface area contributed by atoms with Gasteiger partial charge in [0.15, 0.2) is 11.5 Å². The van der Waals surface area contributed by atoms with Crippen LogP contribution in [0.4, 0.5) is 5.69 Å². The second kappa shape index (κ2) is 5.53. The highest BCUT2D eigenvalue weighted by molar-refractivity contribution is 5.96. The number of fused-ring (bicyclic) bond motifs is 1. The zero-order chi connectivity index (χ0) is 14.8. The van der Waals surface area contributed by atoms with Gasteiger partial charge in [-0.1, -0.05) is 0 Å². The Balaban J connectivity index is 1.66. The number of carbonyl (C=O) groups is 2. The van der Waals surface area contributed by atoms with Gasteiger partial charge in [0.25, 0.3) is 0 Å². The van der Waals surface area contributed by atoms with E-state index in [9.17, 15) is 9.59 Å². The SMILES string of the molecule is NCC(=O)NCC(=O)Nc1ccc2nc(C3CC3)oc2c1. The molecule has 0 spiro atoms. The van der Waals surface area contributed by atoms with Crippen molar-refractivity contribution in [3.8, 4) is 0 Å². The molecule has 0 unspecified atom stereocenters. The average molecular weight is 288 g/mol. The standard InChI is InChI=1S/C14H16N4O3/c15-6-12(19)16-7-13(20)17-9-3-4-10-11(5-9)21-14(18-10)8-1-2-8/h3-5,8H,1-2,6-7,15H2,(H,16,19)(H,17,20). The molecule has 0 bridgehead atoms. The molecule has 7 heteroatoms. The Bertz CT molecular complexity index is 691. The van der Waals surface area contributed by atoms with Gasteiger partial charge < -0.3 is 20.8 Å². The summed E-state index contributed by atoms with van der Waals surface area (Å²) in [6.07, 6.45) is 2.24. The lowest BCUT2D eigenvalue weighted by molar-refractivity contribution is -0.123. The molecule has 0 saturated heterocycles. The lowest BCUT2D eigenvalue weighted by Crippen LogP contribution is -2.36. The van der Waals surface area contributed by atoms with Gasteiger partial charge >= 0.3 is 0 Å². The molecule has 1 aromatic heterocycles. The average Bonchev–Trinajstić information content (AvgIpc) is 3.24. The number of amides is 2. The van der Waals surface area contributed by atoms with Gasteiger partial charge in [-0.2, -0.15) is 0 Å². The Hall–Kier alpha value is -2.41. The minimum Gasteiger partial charge on any atom is -0.440 e. The fourth-order valence-corrected chi connectivity index (χ4v) is 1.98. The number of aromatic nitrogens is 1. The minimum absolute atomic E-state index is 0.113. The van der Waals surface area contributed by atoms with E-state index in [-0.39, 0.29) is 24.9 Å². The number of carbonyl (C=O) groups excluding carboxylic acids is 2. The molecule has 1 aromatic carbocycles. The van der Waals surface area contributed by atoms with Crippen LogP contribution in [0.5, 0.6) is 0 Å². The number of hydrogen-bond acceptors (Lipinski definition) is 5. The summed E-state index contributed by atoms with van der Waals surface area (Å²) in [5, 5.41) is 5.09. The summed E-state index contributed by atoms with van der Waals surface area (Å²) in [4.78, 5) is 27.1. The van der Waals surface area contributed by atoms with Crippen LogP contribution in [0.3, 0.4) is 0 Å². The van der Waals surface area contributed by atoms with Gasteiger partial charge in [0.2, 0.25) is 11.8 Å². The topological polar surface area (TPSA) is 110 Å². The fraction of sp³-hybridized carbons (Fsp3) is 0.357. The van der Waals surface area contributed by atoms with E-state index >= 15 is 0 Å². The summed E-state index contributed by atoms with van der Waals surface area (Å²) in [5.41, 5.74) is 7.18. The molecule has 110 valence electrons. The van der Waals surface area contributed by atoms with Crippen LogP contribution in [0.15, 0.2) is 22.6 Å². The van der Waals surface area contributed by atoms with E-state index in [1.54, 1.807) is 18.2 Å². The van der Waals surface area contributed by atoms with Crippen molar-refractivity contribution in [1.29, 1.82) is 0 Å². The maximum Gasteiger partial charge on any atom is 0.243 e. The molecule has 4 N–H and O–H groups in total. The van der Waals surface area contributed by atoms with E-state index in [0.29, 0.717) is 17.2 Å². The summed E-state index contributed by atoms with van der Waals surface area (Å²) >= 11 is 0. The van der Waals surface area contributed by atoms with Gasteiger partial charge in [-0.3, -0.25) is 9.59 Å². The van der Waals surface area contributed by atoms with Gasteiger partial charge in [0.05, 0.1) is 13.1 Å². The summed E-state index contributed by atoms with van der Waals surface area (Å²) < 4.78 is 5.68. The van der Waals surface area contributed by atoms with E-state index in [1.165, 1.54) is 0 Å². The second-order valence-electron chi connectivity index (χ2n) is 5.04. The van der Waals surface area contributed by atoms with Crippen molar-refractivity contribution in [2.75, 3.05) is 18.4 Å². The van der Waals surface area contributed by atoms with Crippen LogP contribution >= 0.6 is 0 Å². The highest BCUT2D eigenvalue weighted by Crippen LogP contribution is 2.40. The van der Waals surface area contributed by atoms with Crippen molar-refractivity contribution in [3.05, 3.63) is 24.1 Å². The number of nitrogens with zero attached hydrogens (tertiary/aromatic N) is 1. The number of oxazole rings is 1. The normalized spacial score (nSPS) is 14.1. The molecule has 1 saturated carbocycles. The van der Waals surface area contributed by atoms with Crippen LogP contribution in [0.25, 0.3) is 11.1 Å². The molecule has 2 amide bonds. The zero-order valence-corrected chi connectivity index (χ0v) is 11.4. The van der Waals surface area contributed by atoms with Crippen molar-refractivity contribution >= 4 is 28.6 Å². The van der Waals surface area contributed by atoms with E-state index in [0.717, 1.165) is 24.2 Å². The highest BCUT2D eigenvalue weighted by Gasteiger charge is 2.28. The molecule has 1 fully saturated rings. The van der Waals surface area contributed by atoms with Crippen LogP contribution < -0.4 is 16.4 Å². The van der Waals surface area contributed by atoms with Gasteiger partial charge in [-0.25, -0.2) is 4.98 Å². The molecule has 0 aliphatic heterocycles. The number of nitrogens with one attached hydrogen (secondary N) is 2. The second-order valence-corrected chi connectivity index (χ2v) is 5.04. The largest absolute Gasteiger partial charge is 0.440 e. The Morgan fingerprint density at radius 1 is 1.33 bits per heavy atom. The minimum atomic E-state index is -0.370. The molecule has 21 heavy (non-hydrogen) atoms. The fourth-order valence-electron chi connectivity index (χ4n) is 1.98. The first-order valence-corrected chi connectivity index (χ1v) is 6.83. The monoisotopic (exact) mass is 288 g/mol. The van der Waals surface area contributed by atoms with Gasteiger partial charge in [-0.15, -0.1) is 0 Å². The van der Waals surface area contributed by atoms with Crippen molar-refractivity contribution in [3.63, 3.8) is 0 Å². The Kier molecular flexibility index (Phi) is 3.57. The number of nitrogens with two attached hydrogens (primary N) is 1. The van der Waals surface area contributed by atoms with E-state index in [1.807, 2.05) is 0 Å². The van der Waals surface area contributed by atoms with Crippen LogP contribution in [0, 0.1) is 0 Å². The number of benzene rings is 1. The molecule has 7 nitrogen and oxygen atoms in total. The molecule has 1 heterocycles. The number of hydrogen-bond donors (Lipinski definition) is 3. The van der Waals surface area contributed by atoms with Crippen LogP contribution in [-0.4, -0.2) is 29.9 Å². The maximum atomic E-state index is 11.7. The lowest BCUT2D eigenvalue weighted by Gasteiger charge is -2.05. The molecule has 1 aliphatic carbocycles. The Morgan fingerprint density at radius 3 is 2.86 bits per heavy atom. The molecule has 0 atom stereocenters. The van der Waals surface area contributed by atoms with E-state index in [2.05, 4.69) is 15.6 Å². The third kappa shape index (κ3) is 3.19. The quantitative estimate of drug-likeness (QED) is 0.750. The smallest absolute Gasteiger partial charge is 0.243 e. The molecular formula is C14H16N4O3. The van der Waals surface area contributed by atoms with Crippen molar-refractivity contribution in [2.45, 2.75) is 18.8 Å².